The summed E-state index contributed by atoms with van der Waals surface area (Å²) in [5.41, 5.74) is -0.321. The summed E-state index contributed by atoms with van der Waals surface area (Å²) in [6.07, 6.45) is -0.980. The van der Waals surface area contributed by atoms with E-state index in [2.05, 4.69) is 20.1 Å². The van der Waals surface area contributed by atoms with Crippen LogP contribution in [0.1, 0.15) is 54.8 Å². The average molecular weight is 328 g/mol. The van der Waals surface area contributed by atoms with Crippen molar-refractivity contribution < 1.29 is 17.6 Å². The van der Waals surface area contributed by atoms with Crippen LogP contribution < -0.4 is 0 Å². The molecule has 8 heteroatoms. The van der Waals surface area contributed by atoms with Gasteiger partial charge in [0.2, 0.25) is 5.89 Å². The Morgan fingerprint density at radius 2 is 2.22 bits per heavy atom. The number of piperidine rings is 1. The topological polar surface area (TPSA) is 58.0 Å². The molecule has 1 saturated heterocycles. The molecular formula is C15H19F3N4O. The zero-order chi connectivity index (χ0) is 16.6. The van der Waals surface area contributed by atoms with Gasteiger partial charge in [-0.25, -0.2) is 4.98 Å². The Morgan fingerprint density at radius 1 is 1.43 bits per heavy atom. The Kier molecular flexibility index (Phi) is 4.18. The maximum Gasteiger partial charge on any atom is 0.435 e. The molecule has 0 saturated carbocycles. The molecule has 5 nitrogen and oxygen atoms in total. The zero-order valence-corrected chi connectivity index (χ0v) is 13.0. The van der Waals surface area contributed by atoms with Crippen LogP contribution in [-0.4, -0.2) is 33.2 Å². The van der Waals surface area contributed by atoms with Gasteiger partial charge in [0.1, 0.15) is 5.76 Å². The van der Waals surface area contributed by atoms with E-state index < -0.39 is 11.9 Å². The molecule has 23 heavy (non-hydrogen) atoms. The fourth-order valence-corrected chi connectivity index (χ4v) is 3.02. The standard InChI is InChI=1S/C15H19F3N4O/c1-9-7-19-14(23-9)10(2)22-5-3-4-11(8-22)12-6-13(21-20-12)15(16,17)18/h6-7,10-11H,3-5,8H2,1-2H3,(H,20,21). The van der Waals surface area contributed by atoms with Crippen LogP contribution in [0.5, 0.6) is 0 Å². The Labute approximate surface area is 131 Å². The Morgan fingerprint density at radius 3 is 2.83 bits per heavy atom. The summed E-state index contributed by atoms with van der Waals surface area (Å²) in [5.74, 6) is 1.40. The molecule has 0 aliphatic carbocycles. The lowest BCUT2D eigenvalue weighted by Gasteiger charge is -2.35. The normalized spacial score (nSPS) is 21.5. The number of alkyl halides is 3. The first-order valence-electron chi connectivity index (χ1n) is 7.63. The highest BCUT2D eigenvalue weighted by Crippen LogP contribution is 2.34. The average Bonchev–Trinajstić information content (AvgIpc) is 3.15. The lowest BCUT2D eigenvalue weighted by atomic mass is 9.93. The van der Waals surface area contributed by atoms with Gasteiger partial charge in [-0.3, -0.25) is 10.00 Å². The van der Waals surface area contributed by atoms with Crippen LogP contribution in [0.25, 0.3) is 0 Å². The van der Waals surface area contributed by atoms with Gasteiger partial charge in [0, 0.05) is 18.2 Å². The molecule has 3 heterocycles. The van der Waals surface area contributed by atoms with Crippen LogP contribution in [0.2, 0.25) is 0 Å². The first-order valence-corrected chi connectivity index (χ1v) is 7.63. The van der Waals surface area contributed by atoms with Gasteiger partial charge in [0.05, 0.1) is 12.2 Å². The highest BCUT2D eigenvalue weighted by atomic mass is 19.4. The lowest BCUT2D eigenvalue weighted by Crippen LogP contribution is -2.36. The number of aromatic nitrogens is 3. The Bertz CT molecular complexity index is 664. The number of nitrogens with zero attached hydrogens (tertiary/aromatic N) is 3. The number of nitrogens with one attached hydrogen (secondary N) is 1. The molecule has 126 valence electrons. The summed E-state index contributed by atoms with van der Waals surface area (Å²) in [7, 11) is 0. The predicted octanol–water partition coefficient (Wildman–Crippen LogP) is 3.67. The predicted molar refractivity (Wildman–Crippen MR) is 76.8 cm³/mol. The highest BCUT2D eigenvalue weighted by molar-refractivity contribution is 5.17. The number of H-pyrrole nitrogens is 1. The summed E-state index contributed by atoms with van der Waals surface area (Å²) in [6.45, 7) is 5.37. The Hall–Kier alpha value is -1.83. The zero-order valence-electron chi connectivity index (χ0n) is 13.0. The van der Waals surface area contributed by atoms with Gasteiger partial charge in [-0.05, 0) is 39.3 Å². The third-order valence-electron chi connectivity index (χ3n) is 4.33. The van der Waals surface area contributed by atoms with Crippen molar-refractivity contribution in [1.29, 1.82) is 0 Å². The number of hydrogen-bond acceptors (Lipinski definition) is 4. The fraction of sp³-hybridized carbons (Fsp3) is 0.600. The van der Waals surface area contributed by atoms with Crippen molar-refractivity contribution >= 4 is 0 Å². The van der Waals surface area contributed by atoms with Gasteiger partial charge in [-0.2, -0.15) is 18.3 Å². The molecule has 1 aliphatic rings. The maximum atomic E-state index is 12.7. The molecule has 2 atom stereocenters. The van der Waals surface area contributed by atoms with E-state index in [0.29, 0.717) is 18.1 Å². The van der Waals surface area contributed by atoms with E-state index >= 15 is 0 Å². The minimum absolute atomic E-state index is 0.00323. The molecule has 1 fully saturated rings. The second-order valence-electron chi connectivity index (χ2n) is 6.03. The monoisotopic (exact) mass is 328 g/mol. The highest BCUT2D eigenvalue weighted by Gasteiger charge is 2.35. The van der Waals surface area contributed by atoms with E-state index in [-0.39, 0.29) is 12.0 Å². The van der Waals surface area contributed by atoms with Gasteiger partial charge < -0.3 is 4.42 Å². The number of aromatic amines is 1. The van der Waals surface area contributed by atoms with Crippen molar-refractivity contribution in [3.8, 4) is 0 Å². The van der Waals surface area contributed by atoms with Crippen LogP contribution in [0.3, 0.4) is 0 Å². The quantitative estimate of drug-likeness (QED) is 0.934. The molecule has 0 bridgehead atoms. The molecule has 0 spiro atoms. The maximum absolute atomic E-state index is 12.7. The SMILES string of the molecule is Cc1cnc(C(C)N2CCCC(c3cc(C(F)(F)F)n[nH]3)C2)o1. The lowest BCUT2D eigenvalue weighted by molar-refractivity contribution is -0.141. The summed E-state index contributed by atoms with van der Waals surface area (Å²) in [4.78, 5) is 6.44. The number of hydrogen-bond donors (Lipinski definition) is 1. The number of rotatable bonds is 3. The minimum Gasteiger partial charge on any atom is -0.444 e. The van der Waals surface area contributed by atoms with Crippen molar-refractivity contribution in [1.82, 2.24) is 20.1 Å². The summed E-state index contributed by atoms with van der Waals surface area (Å²) in [6, 6.07) is 1.12. The smallest absolute Gasteiger partial charge is 0.435 e. The molecule has 3 rings (SSSR count). The van der Waals surface area contributed by atoms with Gasteiger partial charge in [-0.15, -0.1) is 0 Å². The summed E-state index contributed by atoms with van der Waals surface area (Å²) >= 11 is 0. The van der Waals surface area contributed by atoms with Crippen molar-refractivity contribution in [3.63, 3.8) is 0 Å². The largest absolute Gasteiger partial charge is 0.444 e. The van der Waals surface area contributed by atoms with Crippen molar-refractivity contribution in [2.45, 2.75) is 44.8 Å². The molecule has 2 aromatic heterocycles. The van der Waals surface area contributed by atoms with Crippen LogP contribution in [0, 0.1) is 6.92 Å². The molecule has 0 amide bonds. The van der Waals surface area contributed by atoms with E-state index in [9.17, 15) is 13.2 Å². The van der Waals surface area contributed by atoms with Crippen molar-refractivity contribution in [2.24, 2.45) is 0 Å². The molecule has 2 aromatic rings. The number of aryl methyl sites for hydroxylation is 1. The van der Waals surface area contributed by atoms with Crippen LogP contribution >= 0.6 is 0 Å². The number of halogens is 3. The number of oxazole rings is 1. The van der Waals surface area contributed by atoms with Gasteiger partial charge >= 0.3 is 6.18 Å². The molecule has 1 N–H and O–H groups in total. The number of likely N-dealkylation sites (tertiary alicyclic amines) is 1. The van der Waals surface area contributed by atoms with Crippen molar-refractivity contribution in [2.75, 3.05) is 13.1 Å². The molecule has 1 aliphatic heterocycles. The summed E-state index contributed by atoms with van der Waals surface area (Å²) in [5, 5.41) is 5.94. The van der Waals surface area contributed by atoms with E-state index in [1.165, 1.54) is 0 Å². The van der Waals surface area contributed by atoms with Gasteiger partial charge in [0.15, 0.2) is 5.69 Å². The first-order chi connectivity index (χ1) is 10.8. The summed E-state index contributed by atoms with van der Waals surface area (Å²) < 4.78 is 43.6. The molecule has 0 aromatic carbocycles. The first kappa shape index (κ1) is 16.0. The minimum atomic E-state index is -4.41. The van der Waals surface area contributed by atoms with E-state index in [1.807, 2.05) is 13.8 Å². The third kappa shape index (κ3) is 3.41. The van der Waals surface area contributed by atoms with Crippen LogP contribution in [0.15, 0.2) is 16.7 Å². The molecule has 0 radical (unpaired) electrons. The van der Waals surface area contributed by atoms with Gasteiger partial charge in [-0.1, -0.05) is 0 Å². The van der Waals surface area contributed by atoms with E-state index in [4.69, 9.17) is 4.42 Å². The van der Waals surface area contributed by atoms with Crippen LogP contribution in [-0.2, 0) is 6.18 Å². The van der Waals surface area contributed by atoms with Crippen molar-refractivity contribution in [3.05, 3.63) is 35.3 Å². The fourth-order valence-electron chi connectivity index (χ4n) is 3.02. The third-order valence-corrected chi connectivity index (χ3v) is 4.33. The second kappa shape index (κ2) is 5.99. The molecular weight excluding hydrogens is 309 g/mol. The molecule has 2 unspecified atom stereocenters. The second-order valence-corrected chi connectivity index (χ2v) is 6.03. The van der Waals surface area contributed by atoms with Gasteiger partial charge in [0.25, 0.3) is 0 Å². The van der Waals surface area contributed by atoms with E-state index in [1.54, 1.807) is 6.20 Å². The van der Waals surface area contributed by atoms with Crippen LogP contribution in [0.4, 0.5) is 13.2 Å². The Balaban J connectivity index is 1.72. The van der Waals surface area contributed by atoms with E-state index in [0.717, 1.165) is 31.2 Å².